The molecule has 0 aliphatic carbocycles. The van der Waals surface area contributed by atoms with Crippen LogP contribution in [0.15, 0.2) is 24.5 Å². The van der Waals surface area contributed by atoms with E-state index >= 15 is 0 Å². The van der Waals surface area contributed by atoms with Crippen LogP contribution in [0.1, 0.15) is 36.2 Å². The Morgan fingerprint density at radius 1 is 1.52 bits per heavy atom. The van der Waals surface area contributed by atoms with Crippen molar-refractivity contribution in [2.24, 2.45) is 7.05 Å². The van der Waals surface area contributed by atoms with Gasteiger partial charge >= 0.3 is 0 Å². The smallest absolute Gasteiger partial charge is 0.223 e. The molecule has 6 heteroatoms. The van der Waals surface area contributed by atoms with Crippen molar-refractivity contribution in [1.82, 2.24) is 19.7 Å². The Morgan fingerprint density at radius 2 is 2.39 bits per heavy atom. The Hall–Kier alpha value is -2.08. The van der Waals surface area contributed by atoms with E-state index in [4.69, 9.17) is 4.74 Å². The van der Waals surface area contributed by atoms with Gasteiger partial charge in [0.1, 0.15) is 0 Å². The van der Waals surface area contributed by atoms with E-state index in [1.807, 2.05) is 48.1 Å². The van der Waals surface area contributed by atoms with E-state index in [1.54, 1.807) is 0 Å². The Labute approximate surface area is 136 Å². The van der Waals surface area contributed by atoms with Crippen LogP contribution < -0.4 is 0 Å². The third-order valence-corrected chi connectivity index (χ3v) is 4.27. The predicted octanol–water partition coefficient (Wildman–Crippen LogP) is 1.84. The van der Waals surface area contributed by atoms with E-state index in [0.29, 0.717) is 32.7 Å². The Bertz CT molecular complexity index is 648. The Balaban J connectivity index is 1.67. The van der Waals surface area contributed by atoms with Crippen LogP contribution in [0.4, 0.5) is 0 Å². The van der Waals surface area contributed by atoms with Crippen LogP contribution in [-0.2, 0) is 29.5 Å². The summed E-state index contributed by atoms with van der Waals surface area (Å²) in [6.07, 6.45) is 5.18. The number of aromatic nitrogens is 3. The largest absolute Gasteiger partial charge is 0.381 e. The summed E-state index contributed by atoms with van der Waals surface area (Å²) in [4.78, 5) is 17.7. The van der Waals surface area contributed by atoms with Crippen molar-refractivity contribution in [1.29, 1.82) is 0 Å². The number of H-pyrrole nitrogens is 1. The van der Waals surface area contributed by atoms with Gasteiger partial charge in [0.05, 0.1) is 12.3 Å². The minimum Gasteiger partial charge on any atom is -0.381 e. The number of aryl methyl sites for hydroxylation is 2. The predicted molar refractivity (Wildman–Crippen MR) is 87.0 cm³/mol. The molecule has 0 fully saturated rings. The quantitative estimate of drug-likeness (QED) is 0.884. The third-order valence-electron chi connectivity index (χ3n) is 4.27. The van der Waals surface area contributed by atoms with Crippen LogP contribution in [0.2, 0.25) is 0 Å². The molecule has 3 heterocycles. The molecule has 23 heavy (non-hydrogen) atoms. The zero-order chi connectivity index (χ0) is 16.2. The highest BCUT2D eigenvalue weighted by atomic mass is 16.5. The fourth-order valence-corrected chi connectivity index (χ4v) is 3.15. The lowest BCUT2D eigenvalue weighted by Crippen LogP contribution is -2.39. The molecule has 0 radical (unpaired) electrons. The van der Waals surface area contributed by atoms with Gasteiger partial charge in [-0.2, -0.15) is 5.10 Å². The topological polar surface area (TPSA) is 63.1 Å². The molecule has 1 unspecified atom stereocenters. The van der Waals surface area contributed by atoms with Crippen molar-refractivity contribution < 1.29 is 9.53 Å². The normalized spacial score (nSPS) is 17.3. The van der Waals surface area contributed by atoms with Gasteiger partial charge in [0.25, 0.3) is 0 Å². The van der Waals surface area contributed by atoms with Crippen LogP contribution in [0.25, 0.3) is 0 Å². The fraction of sp³-hybridized carbons (Fsp3) is 0.529. The zero-order valence-electron chi connectivity index (χ0n) is 13.8. The van der Waals surface area contributed by atoms with E-state index in [1.165, 1.54) is 0 Å². The van der Waals surface area contributed by atoms with E-state index in [0.717, 1.165) is 23.4 Å². The molecule has 3 rings (SSSR count). The molecular formula is C17H24N4O2. The van der Waals surface area contributed by atoms with E-state index in [9.17, 15) is 4.79 Å². The number of fused-ring (bicyclic) bond motifs is 1. The zero-order valence-corrected chi connectivity index (χ0v) is 13.8. The van der Waals surface area contributed by atoms with Gasteiger partial charge in [-0.1, -0.05) is 0 Å². The van der Waals surface area contributed by atoms with Crippen molar-refractivity contribution in [2.45, 2.75) is 32.2 Å². The highest BCUT2D eigenvalue weighted by Gasteiger charge is 2.30. The summed E-state index contributed by atoms with van der Waals surface area (Å²) in [5, 5.41) is 4.56. The lowest BCUT2D eigenvalue weighted by atomic mass is 9.97. The fourth-order valence-electron chi connectivity index (χ4n) is 3.15. The number of carbonyl (C=O) groups excluding carboxylic acids is 1. The molecule has 6 nitrogen and oxygen atoms in total. The average Bonchev–Trinajstić information content (AvgIpc) is 3.18. The molecule has 1 amide bonds. The van der Waals surface area contributed by atoms with E-state index in [2.05, 4.69) is 10.1 Å². The molecule has 1 aliphatic rings. The maximum atomic E-state index is 12.6. The molecule has 1 N–H and O–H groups in total. The summed E-state index contributed by atoms with van der Waals surface area (Å²) in [7, 11) is 1.92. The molecule has 0 saturated heterocycles. The van der Waals surface area contributed by atoms with Crippen molar-refractivity contribution >= 4 is 5.91 Å². The first kappa shape index (κ1) is 15.8. The number of nitrogens with zero attached hydrogens (tertiary/aromatic N) is 3. The lowest BCUT2D eigenvalue weighted by Gasteiger charge is -2.32. The Morgan fingerprint density at radius 3 is 3.13 bits per heavy atom. The summed E-state index contributed by atoms with van der Waals surface area (Å²) < 4.78 is 7.42. The summed E-state index contributed by atoms with van der Waals surface area (Å²) >= 11 is 0. The highest BCUT2D eigenvalue weighted by Crippen LogP contribution is 2.27. The molecule has 0 aromatic carbocycles. The first-order valence-electron chi connectivity index (χ1n) is 8.17. The standard InChI is InChI=1S/C17H24N4O2/c1-3-23-12-14-11-21(10-13-9-20(2)19-17(13)14)16(22)7-6-15-5-4-8-18-15/h4-5,8-9,14,18H,3,6-7,10-12H2,1-2H3. The molecule has 1 aliphatic heterocycles. The number of amides is 1. The van der Waals surface area contributed by atoms with Gasteiger partial charge in [0, 0.05) is 62.7 Å². The first-order chi connectivity index (χ1) is 11.2. The van der Waals surface area contributed by atoms with Gasteiger partial charge in [-0.25, -0.2) is 0 Å². The van der Waals surface area contributed by atoms with Crippen LogP contribution >= 0.6 is 0 Å². The van der Waals surface area contributed by atoms with Crippen LogP contribution in [0.3, 0.4) is 0 Å². The minimum absolute atomic E-state index is 0.161. The molecule has 2 aromatic rings. The molecule has 0 spiro atoms. The number of hydrogen-bond donors (Lipinski definition) is 1. The van der Waals surface area contributed by atoms with Crippen LogP contribution in [0, 0.1) is 0 Å². The molecule has 0 saturated carbocycles. The van der Waals surface area contributed by atoms with Gasteiger partial charge in [-0.05, 0) is 25.5 Å². The van der Waals surface area contributed by atoms with Gasteiger partial charge in [0.15, 0.2) is 0 Å². The highest BCUT2D eigenvalue weighted by molar-refractivity contribution is 5.76. The van der Waals surface area contributed by atoms with Gasteiger partial charge in [-0.15, -0.1) is 0 Å². The summed E-state index contributed by atoms with van der Waals surface area (Å²) in [5.74, 6) is 0.352. The minimum atomic E-state index is 0.161. The lowest BCUT2D eigenvalue weighted by molar-refractivity contribution is -0.132. The average molecular weight is 316 g/mol. The van der Waals surface area contributed by atoms with Gasteiger partial charge < -0.3 is 14.6 Å². The first-order valence-corrected chi connectivity index (χ1v) is 8.17. The second-order valence-corrected chi connectivity index (χ2v) is 6.04. The number of hydrogen-bond acceptors (Lipinski definition) is 3. The SMILES string of the molecule is CCOCC1CN(C(=O)CCc2ccc[nH]2)Cc2cn(C)nc21. The Kier molecular flexibility index (Phi) is 4.81. The summed E-state index contributed by atoms with van der Waals surface area (Å²) in [6, 6.07) is 3.97. The van der Waals surface area contributed by atoms with E-state index in [-0.39, 0.29) is 11.8 Å². The molecular weight excluding hydrogens is 292 g/mol. The monoisotopic (exact) mass is 316 g/mol. The third kappa shape index (κ3) is 3.64. The van der Waals surface area contributed by atoms with Gasteiger partial charge in [0.2, 0.25) is 5.91 Å². The maximum Gasteiger partial charge on any atom is 0.223 e. The molecule has 1 atom stereocenters. The summed E-state index contributed by atoms with van der Waals surface area (Å²) in [5.41, 5.74) is 3.31. The molecule has 2 aromatic heterocycles. The van der Waals surface area contributed by atoms with Crippen molar-refractivity contribution in [3.8, 4) is 0 Å². The second-order valence-electron chi connectivity index (χ2n) is 6.04. The number of nitrogens with one attached hydrogen (secondary N) is 1. The van der Waals surface area contributed by atoms with Crippen molar-refractivity contribution in [3.05, 3.63) is 41.5 Å². The number of aromatic amines is 1. The molecule has 0 bridgehead atoms. The van der Waals surface area contributed by atoms with Crippen molar-refractivity contribution in [3.63, 3.8) is 0 Å². The van der Waals surface area contributed by atoms with Crippen LogP contribution in [0.5, 0.6) is 0 Å². The van der Waals surface area contributed by atoms with E-state index < -0.39 is 0 Å². The summed E-state index contributed by atoms with van der Waals surface area (Å²) in [6.45, 7) is 4.62. The second kappa shape index (κ2) is 7.00. The number of carbonyl (C=O) groups is 1. The molecule has 124 valence electrons. The van der Waals surface area contributed by atoms with Gasteiger partial charge in [-0.3, -0.25) is 9.48 Å². The van der Waals surface area contributed by atoms with Crippen LogP contribution in [-0.4, -0.2) is 45.3 Å². The maximum absolute atomic E-state index is 12.6. The van der Waals surface area contributed by atoms with Crippen molar-refractivity contribution in [2.75, 3.05) is 19.8 Å². The number of rotatable bonds is 6. The number of ether oxygens (including phenoxy) is 1.